The fourth-order valence-corrected chi connectivity index (χ4v) is 1.72. The fraction of sp³-hybridized carbons (Fsp3) is 0.0769. The van der Waals surface area contributed by atoms with Crippen molar-refractivity contribution in [2.75, 3.05) is 7.11 Å². The first kappa shape index (κ1) is 11.4. The summed E-state index contributed by atoms with van der Waals surface area (Å²) in [6.45, 7) is 0. The van der Waals surface area contributed by atoms with Crippen molar-refractivity contribution in [3.05, 3.63) is 42.0 Å². The van der Waals surface area contributed by atoms with Crippen molar-refractivity contribution in [2.24, 2.45) is 0 Å². The molecule has 4 heteroatoms. The molecule has 0 N–H and O–H groups in total. The number of esters is 1. The first-order chi connectivity index (χ1) is 8.15. The van der Waals surface area contributed by atoms with Gasteiger partial charge in [0.1, 0.15) is 7.85 Å². The van der Waals surface area contributed by atoms with Gasteiger partial charge in [-0.3, -0.25) is 4.79 Å². The topological polar surface area (TPSA) is 43.4 Å². The zero-order valence-corrected chi connectivity index (χ0v) is 9.27. The number of carbonyl (C=O) groups is 2. The Morgan fingerprint density at radius 2 is 1.71 bits per heavy atom. The molecule has 0 spiro atoms. The molecule has 0 aliphatic rings. The van der Waals surface area contributed by atoms with E-state index in [1.54, 1.807) is 24.3 Å². The highest BCUT2D eigenvalue weighted by Gasteiger charge is 2.19. The van der Waals surface area contributed by atoms with Crippen molar-refractivity contribution < 1.29 is 14.3 Å². The summed E-state index contributed by atoms with van der Waals surface area (Å²) >= 11 is 0. The molecule has 2 aromatic rings. The largest absolute Gasteiger partial charge is 0.463 e. The lowest BCUT2D eigenvalue weighted by molar-refractivity contribution is -0.135. The predicted molar refractivity (Wildman–Crippen MR) is 65.7 cm³/mol. The Labute approximate surface area is 99.8 Å². The average molecular weight is 224 g/mol. The maximum Gasteiger partial charge on any atom is 0.379 e. The smallest absolute Gasteiger partial charge is 0.379 e. The Bertz CT molecular complexity index is 605. The molecule has 0 atom stereocenters. The molecule has 2 rings (SSSR count). The third-order valence-corrected chi connectivity index (χ3v) is 2.57. The molecule has 0 amide bonds. The van der Waals surface area contributed by atoms with Crippen molar-refractivity contribution in [1.82, 2.24) is 0 Å². The van der Waals surface area contributed by atoms with Gasteiger partial charge in [-0.05, 0) is 10.8 Å². The SMILES string of the molecule is [B]c1ccc(C(=O)C(=O)OC)c2ccccc12. The van der Waals surface area contributed by atoms with Gasteiger partial charge in [0.2, 0.25) is 0 Å². The lowest BCUT2D eigenvalue weighted by Gasteiger charge is -2.07. The zero-order valence-electron chi connectivity index (χ0n) is 9.27. The third-order valence-electron chi connectivity index (χ3n) is 2.57. The van der Waals surface area contributed by atoms with E-state index in [9.17, 15) is 9.59 Å². The second kappa shape index (κ2) is 4.41. The molecular weight excluding hydrogens is 215 g/mol. The normalized spacial score (nSPS) is 10.2. The Morgan fingerprint density at radius 1 is 1.06 bits per heavy atom. The van der Waals surface area contributed by atoms with Crippen LogP contribution in [-0.4, -0.2) is 26.7 Å². The van der Waals surface area contributed by atoms with E-state index in [4.69, 9.17) is 7.85 Å². The molecule has 0 unspecified atom stereocenters. The van der Waals surface area contributed by atoms with E-state index in [1.807, 2.05) is 6.07 Å². The van der Waals surface area contributed by atoms with Gasteiger partial charge in [0.25, 0.3) is 5.78 Å². The van der Waals surface area contributed by atoms with Gasteiger partial charge in [-0.1, -0.05) is 41.9 Å². The zero-order chi connectivity index (χ0) is 12.4. The molecule has 0 saturated carbocycles. The summed E-state index contributed by atoms with van der Waals surface area (Å²) in [5.74, 6) is -1.54. The number of Topliss-reactive ketones (excluding diaryl/α,β-unsaturated/α-hetero) is 1. The Morgan fingerprint density at radius 3 is 2.35 bits per heavy atom. The minimum absolute atomic E-state index is 0.307. The van der Waals surface area contributed by atoms with Gasteiger partial charge >= 0.3 is 5.97 Å². The highest BCUT2D eigenvalue weighted by Crippen LogP contribution is 2.17. The Kier molecular flexibility index (Phi) is 2.96. The van der Waals surface area contributed by atoms with E-state index in [0.29, 0.717) is 16.4 Å². The van der Waals surface area contributed by atoms with Gasteiger partial charge in [0.15, 0.2) is 0 Å². The molecule has 82 valence electrons. The predicted octanol–water partition coefficient (Wildman–Crippen LogP) is 0.989. The Balaban J connectivity index is 2.67. The summed E-state index contributed by atoms with van der Waals surface area (Å²) in [5, 5.41) is 1.41. The van der Waals surface area contributed by atoms with Crippen LogP contribution in [0.15, 0.2) is 36.4 Å². The van der Waals surface area contributed by atoms with E-state index < -0.39 is 11.8 Å². The van der Waals surface area contributed by atoms with Crippen LogP contribution in [0.4, 0.5) is 0 Å². The monoisotopic (exact) mass is 224 g/mol. The average Bonchev–Trinajstić information content (AvgIpc) is 2.38. The van der Waals surface area contributed by atoms with Crippen LogP contribution < -0.4 is 5.46 Å². The number of rotatable bonds is 2. The van der Waals surface area contributed by atoms with E-state index >= 15 is 0 Å². The number of hydrogen-bond acceptors (Lipinski definition) is 3. The first-order valence-electron chi connectivity index (χ1n) is 5.05. The number of carbonyl (C=O) groups excluding carboxylic acids is 2. The fourth-order valence-electron chi connectivity index (χ4n) is 1.72. The molecular formula is C13H9BO3. The van der Waals surface area contributed by atoms with E-state index in [2.05, 4.69) is 4.74 Å². The summed E-state index contributed by atoms with van der Waals surface area (Å²) in [6, 6.07) is 10.3. The van der Waals surface area contributed by atoms with Gasteiger partial charge in [-0.15, -0.1) is 0 Å². The van der Waals surface area contributed by atoms with Crippen LogP contribution >= 0.6 is 0 Å². The van der Waals surface area contributed by atoms with Gasteiger partial charge in [0, 0.05) is 5.56 Å². The van der Waals surface area contributed by atoms with Crippen molar-refractivity contribution in [3.63, 3.8) is 0 Å². The molecule has 0 saturated heterocycles. The standard InChI is InChI=1S/C13H9BO3/c1-17-13(16)12(15)10-6-7-11(14)9-5-3-2-4-8(9)10/h2-7H,1H3. The number of ether oxygens (including phenoxy) is 1. The number of benzene rings is 2. The minimum Gasteiger partial charge on any atom is -0.463 e. The van der Waals surface area contributed by atoms with E-state index in [1.165, 1.54) is 13.2 Å². The van der Waals surface area contributed by atoms with Crippen molar-refractivity contribution in [3.8, 4) is 0 Å². The molecule has 0 aliphatic heterocycles. The quantitative estimate of drug-likeness (QED) is 0.330. The van der Waals surface area contributed by atoms with Crippen molar-refractivity contribution >= 4 is 35.8 Å². The maximum absolute atomic E-state index is 11.8. The van der Waals surface area contributed by atoms with Gasteiger partial charge in [0.05, 0.1) is 7.11 Å². The molecule has 0 bridgehead atoms. The third kappa shape index (κ3) is 1.94. The van der Waals surface area contributed by atoms with Gasteiger partial charge in [-0.2, -0.15) is 0 Å². The summed E-state index contributed by atoms with van der Waals surface area (Å²) in [4.78, 5) is 23.0. The molecule has 0 aromatic heterocycles. The van der Waals surface area contributed by atoms with E-state index in [-0.39, 0.29) is 0 Å². The molecule has 3 nitrogen and oxygen atoms in total. The van der Waals surface area contributed by atoms with Crippen LogP contribution in [0.5, 0.6) is 0 Å². The number of methoxy groups -OCH3 is 1. The van der Waals surface area contributed by atoms with Gasteiger partial charge < -0.3 is 4.74 Å². The summed E-state index contributed by atoms with van der Waals surface area (Å²) < 4.78 is 4.43. The lowest BCUT2D eigenvalue weighted by Crippen LogP contribution is -2.17. The van der Waals surface area contributed by atoms with Crippen LogP contribution in [0.25, 0.3) is 10.8 Å². The van der Waals surface area contributed by atoms with Crippen LogP contribution in [0.3, 0.4) is 0 Å². The maximum atomic E-state index is 11.8. The molecule has 2 aromatic carbocycles. The van der Waals surface area contributed by atoms with Crippen LogP contribution in [0.1, 0.15) is 10.4 Å². The van der Waals surface area contributed by atoms with Crippen LogP contribution in [0.2, 0.25) is 0 Å². The summed E-state index contributed by atoms with van der Waals surface area (Å²) in [7, 11) is 6.99. The van der Waals surface area contributed by atoms with Crippen LogP contribution in [-0.2, 0) is 9.53 Å². The van der Waals surface area contributed by atoms with Crippen LogP contribution in [0, 0.1) is 0 Å². The highest BCUT2D eigenvalue weighted by atomic mass is 16.5. The molecule has 17 heavy (non-hydrogen) atoms. The lowest BCUT2D eigenvalue weighted by atomic mass is 9.87. The second-order valence-electron chi connectivity index (χ2n) is 3.57. The van der Waals surface area contributed by atoms with Gasteiger partial charge in [-0.25, -0.2) is 4.79 Å². The van der Waals surface area contributed by atoms with Crippen molar-refractivity contribution in [2.45, 2.75) is 0 Å². The van der Waals surface area contributed by atoms with Crippen molar-refractivity contribution in [1.29, 1.82) is 0 Å². The number of ketones is 1. The number of hydrogen-bond donors (Lipinski definition) is 0. The minimum atomic E-state index is -0.875. The first-order valence-corrected chi connectivity index (χ1v) is 5.05. The molecule has 2 radical (unpaired) electrons. The second-order valence-corrected chi connectivity index (χ2v) is 3.57. The molecule has 0 aliphatic carbocycles. The number of fused-ring (bicyclic) bond motifs is 1. The van der Waals surface area contributed by atoms with E-state index in [0.717, 1.165) is 5.39 Å². The molecule has 0 fully saturated rings. The highest BCUT2D eigenvalue weighted by molar-refractivity contribution is 6.45. The summed E-state index contributed by atoms with van der Waals surface area (Å²) in [5.41, 5.74) is 0.878. The Hall–Kier alpha value is -2.10. The summed E-state index contributed by atoms with van der Waals surface area (Å²) in [6.07, 6.45) is 0. The molecule has 0 heterocycles.